The van der Waals surface area contributed by atoms with E-state index in [9.17, 15) is 9.59 Å². The SMILES string of the molecule is O=C(CCn1c(=S)[nH]c2ccccc2c1=O)NCc1n[nH]c(=S)n1C1CC1. The minimum Gasteiger partial charge on any atom is -0.349 e. The van der Waals surface area contributed by atoms with E-state index in [1.54, 1.807) is 18.2 Å². The van der Waals surface area contributed by atoms with Crippen molar-refractivity contribution in [3.63, 3.8) is 0 Å². The van der Waals surface area contributed by atoms with Gasteiger partial charge in [0, 0.05) is 19.0 Å². The standard InChI is InChI=1S/C17H18N6O2S2/c24-14(18-9-13-20-21-17(27)23(13)10-5-6-10)7-8-22-15(25)11-3-1-2-4-12(11)19-16(22)26/h1-4,10H,5-9H2,(H,18,24)(H,19,26)(H,21,27). The lowest BCUT2D eigenvalue weighted by Gasteiger charge is -2.09. The van der Waals surface area contributed by atoms with Gasteiger partial charge >= 0.3 is 0 Å². The average molecular weight is 403 g/mol. The highest BCUT2D eigenvalue weighted by molar-refractivity contribution is 7.71. The van der Waals surface area contributed by atoms with E-state index in [1.165, 1.54) is 4.57 Å². The summed E-state index contributed by atoms with van der Waals surface area (Å²) in [6, 6.07) is 7.56. The summed E-state index contributed by atoms with van der Waals surface area (Å²) < 4.78 is 4.26. The van der Waals surface area contributed by atoms with Crippen molar-refractivity contribution in [1.29, 1.82) is 0 Å². The van der Waals surface area contributed by atoms with Gasteiger partial charge in [0.2, 0.25) is 5.91 Å². The molecule has 8 nitrogen and oxygen atoms in total. The highest BCUT2D eigenvalue weighted by atomic mass is 32.1. The lowest BCUT2D eigenvalue weighted by molar-refractivity contribution is -0.121. The normalized spacial score (nSPS) is 13.8. The monoisotopic (exact) mass is 402 g/mol. The number of benzene rings is 1. The van der Waals surface area contributed by atoms with Gasteiger partial charge in [0.25, 0.3) is 5.56 Å². The highest BCUT2D eigenvalue weighted by Crippen LogP contribution is 2.35. The topological polar surface area (TPSA) is 100 Å². The van der Waals surface area contributed by atoms with Crippen LogP contribution in [0.1, 0.15) is 31.1 Å². The molecule has 1 aliphatic rings. The lowest BCUT2D eigenvalue weighted by Crippen LogP contribution is -2.28. The van der Waals surface area contributed by atoms with Gasteiger partial charge in [-0.3, -0.25) is 23.8 Å². The Morgan fingerprint density at radius 1 is 1.26 bits per heavy atom. The molecular formula is C17H18N6O2S2. The van der Waals surface area contributed by atoms with Crippen LogP contribution in [0, 0.1) is 9.54 Å². The first-order chi connectivity index (χ1) is 13.0. The number of para-hydroxylation sites is 1. The number of aromatic nitrogens is 5. The third kappa shape index (κ3) is 3.62. The average Bonchev–Trinajstić information content (AvgIpc) is 3.42. The van der Waals surface area contributed by atoms with E-state index < -0.39 is 0 Å². The van der Waals surface area contributed by atoms with Gasteiger partial charge in [-0.05, 0) is 49.4 Å². The molecule has 0 bridgehead atoms. The number of fused-ring (bicyclic) bond motifs is 1. The maximum atomic E-state index is 12.6. The maximum absolute atomic E-state index is 12.6. The van der Waals surface area contributed by atoms with Crippen molar-refractivity contribution in [3.8, 4) is 0 Å². The number of H-pyrrole nitrogens is 2. The zero-order valence-corrected chi connectivity index (χ0v) is 16.0. The summed E-state index contributed by atoms with van der Waals surface area (Å²) in [7, 11) is 0. The first kappa shape index (κ1) is 17.8. The Morgan fingerprint density at radius 2 is 2.04 bits per heavy atom. The van der Waals surface area contributed by atoms with Crippen LogP contribution in [0.25, 0.3) is 10.9 Å². The number of rotatable bonds is 6. The second-order valence-corrected chi connectivity index (χ2v) is 7.28. The van der Waals surface area contributed by atoms with Gasteiger partial charge in [-0.1, -0.05) is 12.1 Å². The van der Waals surface area contributed by atoms with E-state index in [2.05, 4.69) is 20.5 Å². The number of carbonyl (C=O) groups is 1. The number of nitrogens with one attached hydrogen (secondary N) is 3. The minimum atomic E-state index is -0.197. The number of nitrogens with zero attached hydrogens (tertiary/aromatic N) is 3. The predicted molar refractivity (Wildman–Crippen MR) is 106 cm³/mol. The van der Waals surface area contributed by atoms with E-state index >= 15 is 0 Å². The fraction of sp³-hybridized carbons (Fsp3) is 0.353. The molecule has 1 fully saturated rings. The van der Waals surface area contributed by atoms with Crippen molar-refractivity contribution in [1.82, 2.24) is 29.6 Å². The molecule has 10 heteroatoms. The van der Waals surface area contributed by atoms with Gasteiger partial charge in [-0.15, -0.1) is 0 Å². The predicted octanol–water partition coefficient (Wildman–Crippen LogP) is 2.35. The molecule has 1 aliphatic carbocycles. The van der Waals surface area contributed by atoms with Crippen LogP contribution in [0.2, 0.25) is 0 Å². The van der Waals surface area contributed by atoms with Crippen LogP contribution in [0.4, 0.5) is 0 Å². The van der Waals surface area contributed by atoms with Crippen LogP contribution in [-0.2, 0) is 17.9 Å². The van der Waals surface area contributed by atoms with E-state index in [0.29, 0.717) is 33.0 Å². The molecule has 0 atom stereocenters. The third-order valence-electron chi connectivity index (χ3n) is 4.59. The molecule has 27 heavy (non-hydrogen) atoms. The molecule has 3 N–H and O–H groups in total. The number of aromatic amines is 2. The Bertz CT molecular complexity index is 1180. The van der Waals surface area contributed by atoms with Crippen LogP contribution in [-0.4, -0.2) is 30.2 Å². The molecular weight excluding hydrogens is 384 g/mol. The number of carbonyl (C=O) groups excluding carboxylic acids is 1. The summed E-state index contributed by atoms with van der Waals surface area (Å²) in [5.41, 5.74) is 0.493. The van der Waals surface area contributed by atoms with Crippen LogP contribution in [0.5, 0.6) is 0 Å². The molecule has 140 valence electrons. The summed E-state index contributed by atoms with van der Waals surface area (Å²) >= 11 is 10.5. The second-order valence-electron chi connectivity index (χ2n) is 6.51. The molecule has 2 aromatic heterocycles. The molecule has 1 aromatic carbocycles. The molecule has 0 saturated heterocycles. The van der Waals surface area contributed by atoms with Crippen molar-refractivity contribution in [3.05, 3.63) is 50.0 Å². The molecule has 0 radical (unpaired) electrons. The number of hydrogen-bond donors (Lipinski definition) is 3. The quantitative estimate of drug-likeness (QED) is 0.550. The molecule has 0 aliphatic heterocycles. The lowest BCUT2D eigenvalue weighted by atomic mass is 10.2. The third-order valence-corrected chi connectivity index (χ3v) is 5.20. The van der Waals surface area contributed by atoms with Crippen molar-refractivity contribution >= 4 is 41.2 Å². The molecule has 1 amide bonds. The zero-order chi connectivity index (χ0) is 19.0. The number of amides is 1. The van der Waals surface area contributed by atoms with Gasteiger partial charge in [0.05, 0.1) is 17.4 Å². The van der Waals surface area contributed by atoms with Crippen LogP contribution < -0.4 is 10.9 Å². The molecule has 3 aromatic rings. The smallest absolute Gasteiger partial charge is 0.262 e. The van der Waals surface area contributed by atoms with E-state index in [-0.39, 0.29) is 24.4 Å². The van der Waals surface area contributed by atoms with Crippen molar-refractivity contribution in [2.45, 2.75) is 38.4 Å². The van der Waals surface area contributed by atoms with Crippen molar-refractivity contribution in [2.75, 3.05) is 0 Å². The van der Waals surface area contributed by atoms with E-state index in [1.807, 2.05) is 10.6 Å². The zero-order valence-electron chi connectivity index (χ0n) is 14.4. The Labute approximate surface area is 164 Å². The molecule has 0 spiro atoms. The van der Waals surface area contributed by atoms with Crippen LogP contribution in [0.15, 0.2) is 29.1 Å². The molecule has 2 heterocycles. The first-order valence-electron chi connectivity index (χ1n) is 8.69. The molecule has 1 saturated carbocycles. The Hall–Kier alpha value is -2.59. The van der Waals surface area contributed by atoms with Crippen LogP contribution in [0.3, 0.4) is 0 Å². The summed E-state index contributed by atoms with van der Waals surface area (Å²) in [6.45, 7) is 0.502. The van der Waals surface area contributed by atoms with Gasteiger partial charge < -0.3 is 10.3 Å². The molecule has 4 rings (SSSR count). The summed E-state index contributed by atoms with van der Waals surface area (Å²) in [5, 5.41) is 10.3. The molecule has 0 unspecified atom stereocenters. The Kier molecular flexibility index (Phi) is 4.75. The Morgan fingerprint density at radius 3 is 2.81 bits per heavy atom. The maximum Gasteiger partial charge on any atom is 0.262 e. The number of hydrogen-bond acceptors (Lipinski definition) is 5. The minimum absolute atomic E-state index is 0.143. The van der Waals surface area contributed by atoms with Crippen LogP contribution >= 0.6 is 24.4 Å². The largest absolute Gasteiger partial charge is 0.349 e. The fourth-order valence-corrected chi connectivity index (χ4v) is 3.64. The highest BCUT2D eigenvalue weighted by Gasteiger charge is 2.27. The first-order valence-corrected chi connectivity index (χ1v) is 9.50. The van der Waals surface area contributed by atoms with Gasteiger partial charge in [0.15, 0.2) is 15.4 Å². The summed E-state index contributed by atoms with van der Waals surface area (Å²) in [5.74, 6) is 0.539. The van der Waals surface area contributed by atoms with Crippen molar-refractivity contribution < 1.29 is 4.79 Å². The van der Waals surface area contributed by atoms with Crippen molar-refractivity contribution in [2.24, 2.45) is 0 Å². The van der Waals surface area contributed by atoms with E-state index in [4.69, 9.17) is 24.4 Å². The summed E-state index contributed by atoms with van der Waals surface area (Å²) in [6.07, 6.45) is 2.31. The van der Waals surface area contributed by atoms with Gasteiger partial charge in [-0.25, -0.2) is 0 Å². The second kappa shape index (κ2) is 7.20. The van der Waals surface area contributed by atoms with E-state index in [0.717, 1.165) is 18.7 Å². The summed E-state index contributed by atoms with van der Waals surface area (Å²) in [4.78, 5) is 27.8. The van der Waals surface area contributed by atoms with Gasteiger partial charge in [0.1, 0.15) is 0 Å². The fourth-order valence-electron chi connectivity index (χ4n) is 3.05. The van der Waals surface area contributed by atoms with Gasteiger partial charge in [-0.2, -0.15) is 5.10 Å². The Balaban J connectivity index is 1.43.